The van der Waals surface area contributed by atoms with Crippen molar-refractivity contribution >= 4 is 56.7 Å². The first kappa shape index (κ1) is 18.6. The maximum absolute atomic E-state index is 14.0. The molecule has 2 aromatic carbocycles. The smallest absolute Gasteiger partial charge is 0.310 e. The fraction of sp³-hybridized carbons (Fsp3) is 0.200. The summed E-state index contributed by atoms with van der Waals surface area (Å²) in [6.07, 6.45) is 3.47. The van der Waals surface area contributed by atoms with Crippen molar-refractivity contribution in [1.82, 2.24) is 4.98 Å². The molecule has 27 heavy (non-hydrogen) atoms. The van der Waals surface area contributed by atoms with Gasteiger partial charge in [0.2, 0.25) is 5.91 Å². The van der Waals surface area contributed by atoms with Gasteiger partial charge in [0.15, 0.2) is 0 Å². The van der Waals surface area contributed by atoms with E-state index < -0.39 is 3.93 Å². The number of anilines is 1. The number of fused-ring (bicyclic) bond motifs is 1. The maximum atomic E-state index is 14.0. The Morgan fingerprint density at radius 2 is 1.96 bits per heavy atom. The molecule has 0 spiro atoms. The number of nitrogens with zero attached hydrogens (tertiary/aromatic N) is 1. The zero-order valence-electron chi connectivity index (χ0n) is 14.0. The van der Waals surface area contributed by atoms with Crippen LogP contribution in [-0.2, 0) is 8.72 Å². The summed E-state index contributed by atoms with van der Waals surface area (Å²) in [5.74, 6) is 0.575. The number of aromatic nitrogens is 1. The van der Waals surface area contributed by atoms with Gasteiger partial charge in [-0.3, -0.25) is 4.79 Å². The summed E-state index contributed by atoms with van der Waals surface area (Å²) >= 11 is 7.35. The standard InChI is InChI=1S/C20H14ClF2IN2O/c21-16-3-1-2-15(20(22,23)24)18(16)13-7-6-12-9-17(25-10-14(12)8-13)26-19(27)11-4-5-11/h1-3,6-11H,4-5H2,(H,25,26,27). The van der Waals surface area contributed by atoms with E-state index >= 15 is 0 Å². The van der Waals surface area contributed by atoms with E-state index in [0.717, 1.165) is 46.2 Å². The molecule has 0 aliphatic heterocycles. The average molecular weight is 499 g/mol. The second kappa shape index (κ2) is 6.98. The van der Waals surface area contributed by atoms with Crippen LogP contribution in [0.5, 0.6) is 0 Å². The fourth-order valence-electron chi connectivity index (χ4n) is 2.99. The molecule has 4 rings (SSSR count). The lowest BCUT2D eigenvalue weighted by Crippen LogP contribution is -2.14. The van der Waals surface area contributed by atoms with E-state index in [9.17, 15) is 13.6 Å². The monoisotopic (exact) mass is 498 g/mol. The molecule has 0 bridgehead atoms. The highest BCUT2D eigenvalue weighted by Gasteiger charge is 2.31. The Kier molecular flexibility index (Phi) is 4.80. The number of pyridine rings is 1. The second-order valence-electron chi connectivity index (χ2n) is 6.56. The molecule has 1 saturated carbocycles. The summed E-state index contributed by atoms with van der Waals surface area (Å²) in [7, 11) is 0. The van der Waals surface area contributed by atoms with Gasteiger partial charge in [-0.05, 0) is 42.0 Å². The SMILES string of the molecule is O=C(Nc1cc2ccc(-c3c(Cl)cccc3C(F)(F)I)cc2cn1)C1CC1. The van der Waals surface area contributed by atoms with Crippen LogP contribution in [0.1, 0.15) is 18.4 Å². The van der Waals surface area contributed by atoms with Gasteiger partial charge in [0.05, 0.1) is 0 Å². The van der Waals surface area contributed by atoms with Crippen LogP contribution >= 0.6 is 34.2 Å². The van der Waals surface area contributed by atoms with Crippen LogP contribution < -0.4 is 5.32 Å². The van der Waals surface area contributed by atoms with Crippen molar-refractivity contribution in [2.24, 2.45) is 5.92 Å². The minimum atomic E-state index is -3.04. The molecular formula is C20H14ClF2IN2O. The Morgan fingerprint density at radius 1 is 1.19 bits per heavy atom. The van der Waals surface area contributed by atoms with Crippen molar-refractivity contribution in [1.29, 1.82) is 0 Å². The molecule has 3 nitrogen and oxygen atoms in total. The summed E-state index contributed by atoms with van der Waals surface area (Å²) in [6.45, 7) is 0. The van der Waals surface area contributed by atoms with Crippen LogP contribution in [0.4, 0.5) is 14.6 Å². The second-order valence-corrected chi connectivity index (χ2v) is 8.32. The first-order chi connectivity index (χ1) is 12.8. The fourth-order valence-corrected chi connectivity index (χ4v) is 3.73. The number of amides is 1. The molecule has 1 fully saturated rings. The number of alkyl halides is 3. The van der Waals surface area contributed by atoms with Gasteiger partial charge in [0.25, 0.3) is 0 Å². The Bertz CT molecular complexity index is 1050. The highest BCUT2D eigenvalue weighted by Crippen LogP contribution is 2.44. The molecule has 0 atom stereocenters. The van der Waals surface area contributed by atoms with E-state index in [0.29, 0.717) is 16.9 Å². The van der Waals surface area contributed by atoms with Crippen molar-refractivity contribution in [3.05, 3.63) is 59.2 Å². The predicted molar refractivity (Wildman–Crippen MR) is 111 cm³/mol. The van der Waals surface area contributed by atoms with Crippen molar-refractivity contribution in [2.45, 2.75) is 16.8 Å². The third kappa shape index (κ3) is 3.91. The molecule has 0 radical (unpaired) electrons. The van der Waals surface area contributed by atoms with E-state index in [1.807, 2.05) is 6.07 Å². The number of carbonyl (C=O) groups is 1. The number of hydrogen-bond acceptors (Lipinski definition) is 2. The van der Waals surface area contributed by atoms with Gasteiger partial charge < -0.3 is 5.32 Å². The van der Waals surface area contributed by atoms with Crippen molar-refractivity contribution in [3.63, 3.8) is 0 Å². The quantitative estimate of drug-likeness (QED) is 0.335. The molecule has 3 aromatic rings. The van der Waals surface area contributed by atoms with Gasteiger partial charge in [-0.25, -0.2) is 4.98 Å². The summed E-state index contributed by atoms with van der Waals surface area (Å²) < 4.78 is 25.0. The van der Waals surface area contributed by atoms with Gasteiger partial charge in [-0.2, -0.15) is 8.78 Å². The molecule has 1 aromatic heterocycles. The van der Waals surface area contributed by atoms with E-state index in [1.54, 1.807) is 30.5 Å². The Labute approximate surface area is 173 Å². The highest BCUT2D eigenvalue weighted by atomic mass is 127. The van der Waals surface area contributed by atoms with Crippen LogP contribution in [0, 0.1) is 5.92 Å². The molecule has 1 aliphatic carbocycles. The molecule has 7 heteroatoms. The first-order valence-electron chi connectivity index (χ1n) is 8.40. The minimum Gasteiger partial charge on any atom is -0.310 e. The number of hydrogen-bond donors (Lipinski definition) is 1. The lowest BCUT2D eigenvalue weighted by Gasteiger charge is -2.16. The highest BCUT2D eigenvalue weighted by molar-refractivity contribution is 14.1. The summed E-state index contributed by atoms with van der Waals surface area (Å²) in [5, 5.41) is 4.71. The van der Waals surface area contributed by atoms with E-state index in [2.05, 4.69) is 10.3 Å². The Morgan fingerprint density at radius 3 is 2.67 bits per heavy atom. The topological polar surface area (TPSA) is 42.0 Å². The number of carbonyl (C=O) groups excluding carboxylic acids is 1. The molecule has 1 amide bonds. The van der Waals surface area contributed by atoms with Gasteiger partial charge in [0.1, 0.15) is 5.82 Å². The molecule has 1 N–H and O–H groups in total. The summed E-state index contributed by atoms with van der Waals surface area (Å²) in [6, 6.07) is 11.6. The van der Waals surface area contributed by atoms with Crippen LogP contribution in [0.2, 0.25) is 5.02 Å². The lowest BCUT2D eigenvalue weighted by molar-refractivity contribution is -0.117. The van der Waals surface area contributed by atoms with Gasteiger partial charge in [0, 0.05) is 56.2 Å². The van der Waals surface area contributed by atoms with Crippen molar-refractivity contribution in [3.8, 4) is 11.1 Å². The van der Waals surface area contributed by atoms with Crippen LogP contribution in [0.25, 0.3) is 21.9 Å². The number of rotatable bonds is 4. The maximum Gasteiger partial charge on any atom is 0.322 e. The molecule has 138 valence electrons. The normalized spacial score (nSPS) is 14.4. The van der Waals surface area contributed by atoms with Gasteiger partial charge in [-0.15, -0.1) is 0 Å². The van der Waals surface area contributed by atoms with E-state index in [-0.39, 0.29) is 22.4 Å². The summed E-state index contributed by atoms with van der Waals surface area (Å²) in [4.78, 5) is 16.2. The Balaban J connectivity index is 1.73. The predicted octanol–water partition coefficient (Wildman–Crippen LogP) is 6.39. The number of benzene rings is 2. The van der Waals surface area contributed by atoms with Gasteiger partial charge >= 0.3 is 3.93 Å². The van der Waals surface area contributed by atoms with Crippen molar-refractivity contribution < 1.29 is 13.6 Å². The molecular weight excluding hydrogens is 485 g/mol. The zero-order valence-corrected chi connectivity index (χ0v) is 16.9. The number of nitrogens with one attached hydrogen (secondary N) is 1. The van der Waals surface area contributed by atoms with E-state index in [1.165, 1.54) is 12.1 Å². The third-order valence-electron chi connectivity index (χ3n) is 4.53. The lowest BCUT2D eigenvalue weighted by atomic mass is 9.97. The molecule has 1 aliphatic rings. The average Bonchev–Trinajstić information content (AvgIpc) is 3.45. The molecule has 0 unspecified atom stereocenters. The van der Waals surface area contributed by atoms with Gasteiger partial charge in [-0.1, -0.05) is 35.9 Å². The van der Waals surface area contributed by atoms with Crippen LogP contribution in [0.15, 0.2) is 48.7 Å². The zero-order chi connectivity index (χ0) is 19.2. The third-order valence-corrected chi connectivity index (χ3v) is 5.42. The largest absolute Gasteiger partial charge is 0.322 e. The van der Waals surface area contributed by atoms with Crippen molar-refractivity contribution in [2.75, 3.05) is 5.32 Å². The molecule has 1 heterocycles. The minimum absolute atomic E-state index is 0.0107. The first-order valence-corrected chi connectivity index (χ1v) is 9.85. The molecule has 0 saturated heterocycles. The Hall–Kier alpha value is -1.80. The van der Waals surface area contributed by atoms with Crippen LogP contribution in [0.3, 0.4) is 0 Å². The van der Waals surface area contributed by atoms with Crippen LogP contribution in [-0.4, -0.2) is 10.9 Å². The summed E-state index contributed by atoms with van der Waals surface area (Å²) in [5.41, 5.74) is 0.777. The number of halogens is 4. The van der Waals surface area contributed by atoms with E-state index in [4.69, 9.17) is 11.6 Å².